The van der Waals surface area contributed by atoms with Gasteiger partial charge in [-0.1, -0.05) is 24.8 Å². The molecule has 0 bridgehead atoms. The van der Waals surface area contributed by atoms with Crippen LogP contribution in [0, 0.1) is 5.41 Å². The van der Waals surface area contributed by atoms with Gasteiger partial charge in [-0.15, -0.1) is 0 Å². The van der Waals surface area contributed by atoms with Gasteiger partial charge in [0.15, 0.2) is 0 Å². The Balaban J connectivity index is 4.69. The molecule has 0 aromatic heterocycles. The lowest BCUT2D eigenvalue weighted by molar-refractivity contribution is 1.33. The molecular formula is C9H13N. The van der Waals surface area contributed by atoms with Crippen molar-refractivity contribution < 1.29 is 0 Å². The van der Waals surface area contributed by atoms with E-state index in [4.69, 9.17) is 5.41 Å². The number of nitrogens with one attached hydrogen (secondary N) is 1. The van der Waals surface area contributed by atoms with E-state index in [1.165, 1.54) is 6.21 Å². The molecule has 0 aliphatic carbocycles. The van der Waals surface area contributed by atoms with Crippen LogP contribution in [0.1, 0.15) is 13.8 Å². The van der Waals surface area contributed by atoms with E-state index in [1.54, 1.807) is 6.08 Å². The van der Waals surface area contributed by atoms with E-state index in [1.807, 2.05) is 13.8 Å². The maximum atomic E-state index is 6.93. The molecule has 0 fully saturated rings. The number of hydrogen-bond donors (Lipinski definition) is 1. The Morgan fingerprint density at radius 3 is 2.00 bits per heavy atom. The summed E-state index contributed by atoms with van der Waals surface area (Å²) < 4.78 is 0. The van der Waals surface area contributed by atoms with Gasteiger partial charge in [-0.3, -0.25) is 0 Å². The van der Waals surface area contributed by atoms with Gasteiger partial charge in [0.25, 0.3) is 0 Å². The molecule has 1 heteroatoms. The lowest BCUT2D eigenvalue weighted by atomic mass is 10.0. The second-order valence-electron chi connectivity index (χ2n) is 2.29. The van der Waals surface area contributed by atoms with E-state index in [9.17, 15) is 0 Å². The highest BCUT2D eigenvalue weighted by Crippen LogP contribution is 2.11. The number of rotatable bonds is 3. The van der Waals surface area contributed by atoms with Gasteiger partial charge >= 0.3 is 0 Å². The van der Waals surface area contributed by atoms with Crippen LogP contribution in [0.5, 0.6) is 0 Å². The largest absolute Gasteiger partial charge is 0.308 e. The number of allylic oxidation sites excluding steroid dienone is 4. The molecule has 0 heterocycles. The van der Waals surface area contributed by atoms with Gasteiger partial charge in [0.1, 0.15) is 0 Å². The van der Waals surface area contributed by atoms with Gasteiger partial charge in [-0.25, -0.2) is 0 Å². The molecule has 0 amide bonds. The smallest absolute Gasteiger partial charge is 0.0250 e. The van der Waals surface area contributed by atoms with Crippen molar-refractivity contribution in [2.75, 3.05) is 0 Å². The van der Waals surface area contributed by atoms with Gasteiger partial charge in [0.05, 0.1) is 0 Å². The molecule has 54 valence electrons. The van der Waals surface area contributed by atoms with Crippen LogP contribution in [-0.2, 0) is 0 Å². The van der Waals surface area contributed by atoms with Gasteiger partial charge in [-0.05, 0) is 25.0 Å². The summed E-state index contributed by atoms with van der Waals surface area (Å²) in [5, 5.41) is 6.93. The lowest BCUT2D eigenvalue weighted by Crippen LogP contribution is -1.87. The Morgan fingerprint density at radius 2 is 1.90 bits per heavy atom. The summed E-state index contributed by atoms with van der Waals surface area (Å²) in [6.45, 7) is 11.3. The van der Waals surface area contributed by atoms with E-state index in [2.05, 4.69) is 13.2 Å². The summed E-state index contributed by atoms with van der Waals surface area (Å²) in [7, 11) is 0. The molecule has 0 spiro atoms. The molecular weight excluding hydrogens is 122 g/mol. The molecule has 1 N–H and O–H groups in total. The topological polar surface area (TPSA) is 23.9 Å². The molecule has 1 nitrogen and oxygen atoms in total. The standard InChI is InChI=1S/C9H13N/c1-5-9(7(2)3)8(4)6-10/h5-6,10H,1,4H2,2-3H3. The summed E-state index contributed by atoms with van der Waals surface area (Å²) in [5.74, 6) is 0. The molecule has 0 saturated carbocycles. The molecule has 0 saturated heterocycles. The van der Waals surface area contributed by atoms with E-state index in [0.717, 1.165) is 16.7 Å². The number of hydrogen-bond acceptors (Lipinski definition) is 1. The molecule has 10 heavy (non-hydrogen) atoms. The second kappa shape index (κ2) is 3.83. The monoisotopic (exact) mass is 135 g/mol. The first-order valence-corrected chi connectivity index (χ1v) is 3.13. The lowest BCUT2D eigenvalue weighted by Gasteiger charge is -2.01. The van der Waals surface area contributed by atoms with Crippen molar-refractivity contribution in [1.29, 1.82) is 5.41 Å². The van der Waals surface area contributed by atoms with Crippen molar-refractivity contribution in [2.24, 2.45) is 0 Å². The van der Waals surface area contributed by atoms with Crippen LogP contribution in [0.25, 0.3) is 0 Å². The molecule has 0 aliphatic rings. The minimum Gasteiger partial charge on any atom is -0.308 e. The maximum Gasteiger partial charge on any atom is 0.0250 e. The third-order valence-electron chi connectivity index (χ3n) is 1.26. The summed E-state index contributed by atoms with van der Waals surface area (Å²) in [6.07, 6.45) is 2.96. The quantitative estimate of drug-likeness (QED) is 0.454. The fourth-order valence-corrected chi connectivity index (χ4v) is 0.734. The fraction of sp³-hybridized carbons (Fsp3) is 0.222. The highest BCUT2D eigenvalue weighted by atomic mass is 14.3. The van der Waals surface area contributed by atoms with Crippen molar-refractivity contribution >= 4 is 6.21 Å². The van der Waals surface area contributed by atoms with Crippen LogP contribution in [0.15, 0.2) is 36.0 Å². The third kappa shape index (κ3) is 2.02. The van der Waals surface area contributed by atoms with E-state index in [-0.39, 0.29) is 0 Å². The second-order valence-corrected chi connectivity index (χ2v) is 2.29. The zero-order valence-corrected chi connectivity index (χ0v) is 6.57. The predicted molar refractivity (Wildman–Crippen MR) is 46.5 cm³/mol. The van der Waals surface area contributed by atoms with E-state index in [0.29, 0.717) is 0 Å². The molecule has 0 aromatic carbocycles. The molecule has 0 aliphatic heterocycles. The normalized spacial score (nSPS) is 8.20. The predicted octanol–water partition coefficient (Wildman–Crippen LogP) is 2.71. The van der Waals surface area contributed by atoms with Gasteiger partial charge in [0.2, 0.25) is 0 Å². The van der Waals surface area contributed by atoms with Crippen molar-refractivity contribution in [2.45, 2.75) is 13.8 Å². The van der Waals surface area contributed by atoms with Crippen molar-refractivity contribution in [3.8, 4) is 0 Å². The Hall–Kier alpha value is -1.11. The van der Waals surface area contributed by atoms with Gasteiger partial charge in [-0.2, -0.15) is 0 Å². The van der Waals surface area contributed by atoms with Crippen LogP contribution in [0.4, 0.5) is 0 Å². The highest BCUT2D eigenvalue weighted by Gasteiger charge is 1.95. The van der Waals surface area contributed by atoms with Crippen molar-refractivity contribution in [3.63, 3.8) is 0 Å². The summed E-state index contributed by atoms with van der Waals surface area (Å²) >= 11 is 0. The first kappa shape index (κ1) is 8.89. The Kier molecular flexibility index (Phi) is 3.40. The average Bonchev–Trinajstić information content (AvgIpc) is 1.88. The third-order valence-corrected chi connectivity index (χ3v) is 1.26. The first-order chi connectivity index (χ1) is 4.63. The van der Waals surface area contributed by atoms with Crippen LogP contribution in [-0.4, -0.2) is 6.21 Å². The molecule has 0 rings (SSSR count). The van der Waals surface area contributed by atoms with Crippen molar-refractivity contribution in [3.05, 3.63) is 36.0 Å². The Morgan fingerprint density at radius 1 is 1.40 bits per heavy atom. The maximum absolute atomic E-state index is 6.93. The van der Waals surface area contributed by atoms with E-state index < -0.39 is 0 Å². The molecule has 0 atom stereocenters. The Labute approximate surface area is 62.3 Å². The van der Waals surface area contributed by atoms with Crippen molar-refractivity contribution in [1.82, 2.24) is 0 Å². The molecule has 0 unspecified atom stereocenters. The fourth-order valence-electron chi connectivity index (χ4n) is 0.734. The SMILES string of the molecule is C=CC(C(=C)C=N)=C(C)C. The highest BCUT2D eigenvalue weighted by molar-refractivity contribution is 5.83. The van der Waals surface area contributed by atoms with Crippen LogP contribution in [0.3, 0.4) is 0 Å². The van der Waals surface area contributed by atoms with Crippen LogP contribution >= 0.6 is 0 Å². The average molecular weight is 135 g/mol. The van der Waals surface area contributed by atoms with E-state index >= 15 is 0 Å². The Bertz CT molecular complexity index is 193. The van der Waals surface area contributed by atoms with Crippen LogP contribution < -0.4 is 0 Å². The summed E-state index contributed by atoms with van der Waals surface area (Å²) in [4.78, 5) is 0. The molecule has 0 aromatic rings. The molecule has 0 radical (unpaired) electrons. The zero-order valence-electron chi connectivity index (χ0n) is 6.57. The minimum atomic E-state index is 0.718. The zero-order chi connectivity index (χ0) is 8.15. The van der Waals surface area contributed by atoms with Crippen LogP contribution in [0.2, 0.25) is 0 Å². The van der Waals surface area contributed by atoms with Gasteiger partial charge in [0, 0.05) is 6.21 Å². The van der Waals surface area contributed by atoms with Gasteiger partial charge < -0.3 is 5.41 Å². The summed E-state index contributed by atoms with van der Waals surface area (Å²) in [6, 6.07) is 0. The first-order valence-electron chi connectivity index (χ1n) is 3.13. The minimum absolute atomic E-state index is 0.718. The summed E-state index contributed by atoms with van der Waals surface area (Å²) in [5.41, 5.74) is 2.83.